The van der Waals surface area contributed by atoms with Gasteiger partial charge in [0.1, 0.15) is 0 Å². The molecule has 4 heteroatoms. The van der Waals surface area contributed by atoms with Crippen molar-refractivity contribution in [3.63, 3.8) is 0 Å². The van der Waals surface area contributed by atoms with Crippen LogP contribution in [0.25, 0.3) is 117 Å². The molecule has 4 nitrogen and oxygen atoms in total. The second kappa shape index (κ2) is 12.4. The van der Waals surface area contributed by atoms with E-state index in [0.29, 0.717) is 17.5 Å². The number of hydrogen-bond donors (Lipinski definition) is 0. The van der Waals surface area contributed by atoms with Crippen LogP contribution in [0, 0.1) is 0 Å². The Morgan fingerprint density at radius 1 is 0.316 bits per heavy atom. The van der Waals surface area contributed by atoms with Crippen molar-refractivity contribution in [2.75, 3.05) is 0 Å². The fourth-order valence-corrected chi connectivity index (χ4v) is 8.98. The van der Waals surface area contributed by atoms with Crippen molar-refractivity contribution in [1.29, 1.82) is 0 Å². The quantitative estimate of drug-likeness (QED) is 0.177. The molecule has 0 unspecified atom stereocenters. The summed E-state index contributed by atoms with van der Waals surface area (Å²) in [5.41, 5.74) is 13.7. The van der Waals surface area contributed by atoms with E-state index in [9.17, 15) is 0 Å². The summed E-state index contributed by atoms with van der Waals surface area (Å²) in [6, 6.07) is 69.1. The van der Waals surface area contributed by atoms with E-state index in [1.165, 1.54) is 71.2 Å². The zero-order valence-corrected chi connectivity index (χ0v) is 30.8. The summed E-state index contributed by atoms with van der Waals surface area (Å²) in [7, 11) is 0. The van der Waals surface area contributed by atoms with Crippen LogP contribution in [0.2, 0.25) is 0 Å². The van der Waals surface area contributed by atoms with Crippen LogP contribution in [0.5, 0.6) is 0 Å². The monoisotopic (exact) mass is 724 g/mol. The maximum absolute atomic E-state index is 5.17. The third-order valence-electron chi connectivity index (χ3n) is 11.6. The van der Waals surface area contributed by atoms with Gasteiger partial charge < -0.3 is 4.57 Å². The molecule has 1 aliphatic carbocycles. The van der Waals surface area contributed by atoms with E-state index >= 15 is 0 Å². The van der Waals surface area contributed by atoms with Crippen molar-refractivity contribution in [1.82, 2.24) is 19.5 Å². The Morgan fingerprint density at radius 3 is 1.63 bits per heavy atom. The van der Waals surface area contributed by atoms with Crippen LogP contribution < -0.4 is 0 Å². The van der Waals surface area contributed by atoms with Crippen molar-refractivity contribution in [2.24, 2.45) is 0 Å². The van der Waals surface area contributed by atoms with Crippen LogP contribution in [-0.4, -0.2) is 19.5 Å². The van der Waals surface area contributed by atoms with Crippen molar-refractivity contribution in [2.45, 2.75) is 0 Å². The third kappa shape index (κ3) is 4.91. The molecule has 264 valence electrons. The zero-order valence-electron chi connectivity index (χ0n) is 30.8. The van der Waals surface area contributed by atoms with E-state index in [-0.39, 0.29) is 0 Å². The fraction of sp³-hybridized carbons (Fsp3) is 0. The van der Waals surface area contributed by atoms with Crippen LogP contribution >= 0.6 is 0 Å². The molecule has 0 fully saturated rings. The first-order valence-corrected chi connectivity index (χ1v) is 19.4. The molecule has 0 amide bonds. The molecule has 11 aromatic rings. The summed E-state index contributed by atoms with van der Waals surface area (Å²) in [6.45, 7) is 0. The Balaban J connectivity index is 1.09. The second-order valence-electron chi connectivity index (χ2n) is 14.8. The molecule has 1 aliphatic rings. The predicted octanol–water partition coefficient (Wildman–Crippen LogP) is 13.6. The van der Waals surface area contributed by atoms with E-state index in [1.807, 2.05) is 24.3 Å². The summed E-state index contributed by atoms with van der Waals surface area (Å²) in [5.74, 6) is 1.90. The molecule has 9 aromatic carbocycles. The van der Waals surface area contributed by atoms with Gasteiger partial charge in [-0.3, -0.25) is 0 Å². The lowest BCUT2D eigenvalue weighted by Crippen LogP contribution is -2.01. The highest BCUT2D eigenvalue weighted by Crippen LogP contribution is 2.51. The molecule has 2 heterocycles. The molecule has 0 saturated heterocycles. The molecule has 57 heavy (non-hydrogen) atoms. The first kappa shape index (κ1) is 31.6. The van der Waals surface area contributed by atoms with Crippen LogP contribution in [0.15, 0.2) is 194 Å². The van der Waals surface area contributed by atoms with E-state index in [4.69, 9.17) is 15.0 Å². The molecular weight excluding hydrogens is 693 g/mol. The van der Waals surface area contributed by atoms with Gasteiger partial charge in [-0.15, -0.1) is 0 Å². The number of fused-ring (bicyclic) bond motifs is 9. The highest BCUT2D eigenvalue weighted by molar-refractivity contribution is 6.31. The summed E-state index contributed by atoms with van der Waals surface area (Å²) in [5, 5.41) is 7.53. The van der Waals surface area contributed by atoms with Crippen LogP contribution in [0.1, 0.15) is 0 Å². The fourth-order valence-electron chi connectivity index (χ4n) is 8.98. The van der Waals surface area contributed by atoms with Crippen LogP contribution in [0.4, 0.5) is 0 Å². The van der Waals surface area contributed by atoms with Crippen molar-refractivity contribution in [3.8, 4) is 73.2 Å². The summed E-state index contributed by atoms with van der Waals surface area (Å²) in [6.07, 6.45) is 0. The van der Waals surface area contributed by atoms with Gasteiger partial charge in [0.15, 0.2) is 17.5 Å². The first-order chi connectivity index (χ1) is 28.3. The van der Waals surface area contributed by atoms with Crippen LogP contribution in [-0.2, 0) is 0 Å². The Labute approximate surface area is 329 Å². The zero-order chi connectivity index (χ0) is 37.5. The lowest BCUT2D eigenvalue weighted by molar-refractivity contribution is 1.07. The summed E-state index contributed by atoms with van der Waals surface area (Å²) in [4.78, 5) is 15.3. The van der Waals surface area contributed by atoms with E-state index in [2.05, 4.69) is 174 Å². The average molecular weight is 725 g/mol. The number of hydrogen-bond acceptors (Lipinski definition) is 3. The summed E-state index contributed by atoms with van der Waals surface area (Å²) >= 11 is 0. The Bertz CT molecular complexity index is 3380. The molecule has 2 aromatic heterocycles. The Kier molecular flexibility index (Phi) is 6.89. The highest BCUT2D eigenvalue weighted by atomic mass is 15.0. The number of rotatable bonds is 5. The van der Waals surface area contributed by atoms with Gasteiger partial charge in [-0.25, -0.2) is 15.0 Å². The molecular formula is C53H32N4. The molecule has 0 bridgehead atoms. The van der Waals surface area contributed by atoms with Gasteiger partial charge in [0.2, 0.25) is 0 Å². The topological polar surface area (TPSA) is 43.6 Å². The predicted molar refractivity (Wildman–Crippen MR) is 235 cm³/mol. The van der Waals surface area contributed by atoms with Crippen LogP contribution in [0.3, 0.4) is 0 Å². The normalized spacial score (nSPS) is 11.9. The minimum absolute atomic E-state index is 0.626. The molecule has 0 spiro atoms. The smallest absolute Gasteiger partial charge is 0.164 e. The third-order valence-corrected chi connectivity index (χ3v) is 11.6. The minimum atomic E-state index is 0.626. The van der Waals surface area contributed by atoms with Gasteiger partial charge in [0, 0.05) is 38.5 Å². The van der Waals surface area contributed by atoms with E-state index in [1.54, 1.807) is 0 Å². The SMILES string of the molecule is c1ccc(-c2ccc(-c3nc(-c4ccccc4)nc(-c4cccc(-n5c6cc7c8c(cccc8c6c6ccc8ccccc8c65)-c5ccccc5-7)c4)n3)cc2)cc1. The van der Waals surface area contributed by atoms with Crippen molar-refractivity contribution >= 4 is 43.4 Å². The Hall–Kier alpha value is -7.69. The lowest BCUT2D eigenvalue weighted by atomic mass is 9.97. The van der Waals surface area contributed by atoms with Gasteiger partial charge >= 0.3 is 0 Å². The number of benzene rings is 9. The lowest BCUT2D eigenvalue weighted by Gasteiger charge is -2.13. The van der Waals surface area contributed by atoms with Gasteiger partial charge in [0.05, 0.1) is 11.0 Å². The van der Waals surface area contributed by atoms with E-state index in [0.717, 1.165) is 27.9 Å². The van der Waals surface area contributed by atoms with Gasteiger partial charge in [0.25, 0.3) is 0 Å². The Morgan fingerprint density at radius 2 is 0.860 bits per heavy atom. The largest absolute Gasteiger partial charge is 0.309 e. The molecule has 0 radical (unpaired) electrons. The highest BCUT2D eigenvalue weighted by Gasteiger charge is 2.26. The second-order valence-corrected chi connectivity index (χ2v) is 14.8. The average Bonchev–Trinajstić information content (AvgIpc) is 3.81. The number of aromatic nitrogens is 4. The van der Waals surface area contributed by atoms with Gasteiger partial charge in [-0.1, -0.05) is 176 Å². The van der Waals surface area contributed by atoms with E-state index < -0.39 is 0 Å². The maximum atomic E-state index is 5.17. The minimum Gasteiger partial charge on any atom is -0.309 e. The van der Waals surface area contributed by atoms with Crippen molar-refractivity contribution < 1.29 is 0 Å². The molecule has 0 aliphatic heterocycles. The summed E-state index contributed by atoms with van der Waals surface area (Å²) < 4.78 is 2.46. The molecule has 0 saturated carbocycles. The molecule has 0 N–H and O–H groups in total. The molecule has 12 rings (SSSR count). The van der Waals surface area contributed by atoms with Crippen molar-refractivity contribution in [3.05, 3.63) is 194 Å². The standard InChI is InChI=1S/C53H32N4/c1-3-13-33(14-4-1)34-25-27-37(28-26-34)52-54-51(36-16-5-2-6-17-36)55-53(56-52)38-18-11-19-39(31-38)57-47-32-46-42-22-10-9-21-41(42)43-23-12-24-44(48(43)46)49(47)45-30-29-35-15-7-8-20-40(35)50(45)57/h1-32H. The maximum Gasteiger partial charge on any atom is 0.164 e. The molecule has 0 atom stereocenters. The number of nitrogens with zero attached hydrogens (tertiary/aromatic N) is 4. The van der Waals surface area contributed by atoms with Gasteiger partial charge in [-0.2, -0.15) is 0 Å². The first-order valence-electron chi connectivity index (χ1n) is 19.4. The van der Waals surface area contributed by atoms with Gasteiger partial charge in [-0.05, 0) is 67.7 Å².